The Hall–Kier alpha value is -2.49. The van der Waals surface area contributed by atoms with Gasteiger partial charge in [0, 0.05) is 19.6 Å². The van der Waals surface area contributed by atoms with E-state index in [4.69, 9.17) is 9.84 Å². The summed E-state index contributed by atoms with van der Waals surface area (Å²) in [7, 11) is 0. The Bertz CT molecular complexity index is 1110. The summed E-state index contributed by atoms with van der Waals surface area (Å²) in [5, 5.41) is 9.53. The number of carbonyl (C=O) groups is 1. The largest absolute Gasteiger partial charge is 0.490 e. The monoisotopic (exact) mass is 501 g/mol. The first-order valence-corrected chi connectivity index (χ1v) is 11.7. The highest BCUT2D eigenvalue weighted by molar-refractivity contribution is 5.89. The maximum Gasteiger partial charge on any atom is 0.420 e. The summed E-state index contributed by atoms with van der Waals surface area (Å²) in [6.45, 7) is 1.85. The van der Waals surface area contributed by atoms with Crippen LogP contribution in [-0.2, 0) is 17.5 Å². The number of likely N-dealkylation sites (tertiary alicyclic amines) is 1. The fraction of sp³-hybridized carbons (Fsp3) is 0.560. The number of piperidine rings is 1. The van der Waals surface area contributed by atoms with Crippen molar-refractivity contribution >= 4 is 16.7 Å². The first kappa shape index (κ1) is 24.2. The van der Waals surface area contributed by atoms with E-state index >= 15 is 0 Å². The Kier molecular flexibility index (Phi) is 5.93. The lowest BCUT2D eigenvalue weighted by Crippen LogP contribution is -2.32. The third kappa shape index (κ3) is 4.81. The van der Waals surface area contributed by atoms with Crippen molar-refractivity contribution in [3.05, 3.63) is 41.5 Å². The van der Waals surface area contributed by atoms with Crippen LogP contribution in [0, 0.1) is 23.7 Å². The lowest BCUT2D eigenvalue weighted by atomic mass is 9.87. The normalized spacial score (nSPS) is 29.3. The van der Waals surface area contributed by atoms with Gasteiger partial charge in [-0.2, -0.15) is 26.3 Å². The number of aliphatic carboxylic acids is 1. The molecule has 3 fully saturated rings. The van der Waals surface area contributed by atoms with Crippen molar-refractivity contribution in [2.45, 2.75) is 50.7 Å². The summed E-state index contributed by atoms with van der Waals surface area (Å²) in [6, 6.07) is 7.55. The summed E-state index contributed by atoms with van der Waals surface area (Å²) < 4.78 is 86.5. The molecule has 0 bridgehead atoms. The van der Waals surface area contributed by atoms with Crippen LogP contribution < -0.4 is 4.74 Å². The molecule has 2 unspecified atom stereocenters. The van der Waals surface area contributed by atoms with Crippen molar-refractivity contribution in [1.29, 1.82) is 0 Å². The van der Waals surface area contributed by atoms with Crippen molar-refractivity contribution in [2.24, 2.45) is 23.7 Å². The molecule has 190 valence electrons. The fourth-order valence-corrected chi connectivity index (χ4v) is 5.90. The zero-order valence-corrected chi connectivity index (χ0v) is 18.7. The average molecular weight is 501 g/mol. The van der Waals surface area contributed by atoms with Crippen LogP contribution >= 0.6 is 0 Å². The molecule has 10 heteroatoms. The molecule has 5 rings (SSSR count). The number of nitrogens with zero attached hydrogens (tertiary/aromatic N) is 1. The maximum atomic E-state index is 14.0. The molecular formula is C25H25F6NO3. The van der Waals surface area contributed by atoms with Crippen LogP contribution in [0.15, 0.2) is 30.3 Å². The Balaban J connectivity index is 1.32. The van der Waals surface area contributed by atoms with Gasteiger partial charge in [0.25, 0.3) is 0 Å². The van der Waals surface area contributed by atoms with Crippen LogP contribution in [0.3, 0.4) is 0 Å². The molecule has 2 aliphatic carbocycles. The minimum absolute atomic E-state index is 0.0158. The number of hydrogen-bond acceptors (Lipinski definition) is 3. The number of carboxylic acid groups (broad SMARTS) is 1. The number of rotatable bonds is 5. The van der Waals surface area contributed by atoms with E-state index in [2.05, 4.69) is 4.90 Å². The van der Waals surface area contributed by atoms with Gasteiger partial charge < -0.3 is 9.84 Å². The van der Waals surface area contributed by atoms with E-state index in [0.717, 1.165) is 5.56 Å². The summed E-state index contributed by atoms with van der Waals surface area (Å²) in [5.74, 6) is -2.54. The molecule has 2 aromatic carbocycles. The molecule has 0 spiro atoms. The molecule has 4 nitrogen and oxygen atoms in total. The Morgan fingerprint density at radius 3 is 2.20 bits per heavy atom. The molecule has 1 heterocycles. The fourth-order valence-electron chi connectivity index (χ4n) is 5.90. The van der Waals surface area contributed by atoms with Gasteiger partial charge >= 0.3 is 18.3 Å². The first-order valence-electron chi connectivity index (χ1n) is 11.7. The highest BCUT2D eigenvalue weighted by Crippen LogP contribution is 2.52. The zero-order chi connectivity index (χ0) is 25.1. The van der Waals surface area contributed by atoms with Crippen LogP contribution in [0.1, 0.15) is 36.8 Å². The maximum absolute atomic E-state index is 14.0. The van der Waals surface area contributed by atoms with Crippen LogP contribution in [0.2, 0.25) is 0 Å². The quantitative estimate of drug-likeness (QED) is 0.502. The number of benzene rings is 2. The van der Waals surface area contributed by atoms with Crippen LogP contribution in [0.4, 0.5) is 26.3 Å². The van der Waals surface area contributed by atoms with Crippen molar-refractivity contribution < 1.29 is 41.0 Å². The van der Waals surface area contributed by atoms with Gasteiger partial charge in [-0.15, -0.1) is 0 Å². The van der Waals surface area contributed by atoms with Crippen molar-refractivity contribution in [2.75, 3.05) is 13.1 Å². The molecule has 0 radical (unpaired) electrons. The van der Waals surface area contributed by atoms with E-state index in [0.29, 0.717) is 25.0 Å². The van der Waals surface area contributed by atoms with Gasteiger partial charge in [-0.05, 0) is 66.0 Å². The van der Waals surface area contributed by atoms with Gasteiger partial charge in [0.15, 0.2) is 0 Å². The third-order valence-corrected chi connectivity index (χ3v) is 7.72. The van der Waals surface area contributed by atoms with Gasteiger partial charge in [0.2, 0.25) is 0 Å². The number of halogens is 6. The third-order valence-electron chi connectivity index (χ3n) is 7.72. The zero-order valence-electron chi connectivity index (χ0n) is 18.7. The van der Waals surface area contributed by atoms with Gasteiger partial charge in [-0.1, -0.05) is 18.2 Å². The predicted octanol–water partition coefficient (Wildman–Crippen LogP) is 6.12. The number of hydrogen-bond donors (Lipinski definition) is 1. The summed E-state index contributed by atoms with van der Waals surface area (Å²) in [5.41, 5.74) is -0.0795. The van der Waals surface area contributed by atoms with E-state index < -0.39 is 35.9 Å². The molecular weight excluding hydrogens is 476 g/mol. The Labute approximate surface area is 197 Å². The molecule has 1 saturated heterocycles. The summed E-state index contributed by atoms with van der Waals surface area (Å²) >= 11 is 0. The number of fused-ring (bicyclic) bond motifs is 2. The minimum Gasteiger partial charge on any atom is -0.490 e. The highest BCUT2D eigenvalue weighted by Gasteiger charge is 2.59. The Morgan fingerprint density at radius 2 is 1.63 bits per heavy atom. The standard InChI is InChI=1S/C25H25F6NO3/c26-24(27,28)15-3-5-16(6-4-15)35-20-8-2-14-9-13(1-7-17(14)22(20)25(29,30)31)10-32-11-18-19(12-32)21(18)23(33)34/h1-2,7-9,15-16,18-19,21H,3-6,10-12H2,(H,33,34)/t15-,16+,18?,19?,21?. The van der Waals surface area contributed by atoms with E-state index in [1.165, 1.54) is 12.1 Å². The number of alkyl halides is 6. The van der Waals surface area contributed by atoms with Crippen LogP contribution in [0.5, 0.6) is 5.75 Å². The number of ether oxygens (including phenoxy) is 1. The summed E-state index contributed by atoms with van der Waals surface area (Å²) in [4.78, 5) is 13.3. The van der Waals surface area contributed by atoms with Crippen molar-refractivity contribution in [3.63, 3.8) is 0 Å². The second kappa shape index (κ2) is 8.57. The molecule has 2 saturated carbocycles. The molecule has 35 heavy (non-hydrogen) atoms. The Morgan fingerprint density at radius 1 is 0.971 bits per heavy atom. The molecule has 2 atom stereocenters. The smallest absolute Gasteiger partial charge is 0.420 e. The van der Waals surface area contributed by atoms with Gasteiger partial charge in [-0.3, -0.25) is 9.69 Å². The van der Waals surface area contributed by atoms with Gasteiger partial charge in [0.05, 0.1) is 17.9 Å². The predicted molar refractivity (Wildman–Crippen MR) is 115 cm³/mol. The van der Waals surface area contributed by atoms with E-state index in [1.54, 1.807) is 18.2 Å². The molecule has 1 aliphatic heterocycles. The van der Waals surface area contributed by atoms with Crippen molar-refractivity contribution in [3.8, 4) is 5.75 Å². The van der Waals surface area contributed by atoms with Gasteiger partial charge in [-0.25, -0.2) is 0 Å². The van der Waals surface area contributed by atoms with E-state index in [9.17, 15) is 31.1 Å². The summed E-state index contributed by atoms with van der Waals surface area (Å²) in [6.07, 6.45) is -9.88. The SMILES string of the molecule is O=C(O)C1C2CN(Cc3ccc4c(C(F)(F)F)c(O[C@H]5CC[C@@H](C(F)(F)F)CC5)ccc4c3)CC21. The first-order chi connectivity index (χ1) is 16.4. The second-order valence-electron chi connectivity index (χ2n) is 10.0. The van der Waals surface area contributed by atoms with Crippen molar-refractivity contribution in [1.82, 2.24) is 4.90 Å². The number of carboxylic acids is 1. The van der Waals surface area contributed by atoms with Gasteiger partial charge in [0.1, 0.15) is 11.3 Å². The topological polar surface area (TPSA) is 49.8 Å². The average Bonchev–Trinajstić information content (AvgIpc) is 3.29. The highest BCUT2D eigenvalue weighted by atomic mass is 19.4. The lowest BCUT2D eigenvalue weighted by Gasteiger charge is -2.31. The van der Waals surface area contributed by atoms with E-state index in [-0.39, 0.29) is 54.6 Å². The molecule has 0 amide bonds. The molecule has 2 aromatic rings. The lowest BCUT2D eigenvalue weighted by molar-refractivity contribution is -0.185. The molecule has 3 aliphatic rings. The van der Waals surface area contributed by atoms with Crippen LogP contribution in [-0.4, -0.2) is 41.3 Å². The molecule has 0 aromatic heterocycles. The molecule has 1 N–H and O–H groups in total. The second-order valence-corrected chi connectivity index (χ2v) is 10.0. The van der Waals surface area contributed by atoms with Crippen LogP contribution in [0.25, 0.3) is 10.8 Å². The minimum atomic E-state index is -4.69. The van der Waals surface area contributed by atoms with E-state index in [1.807, 2.05) is 0 Å².